The van der Waals surface area contributed by atoms with Crippen LogP contribution in [0.25, 0.3) is 99.2 Å². The molecule has 0 spiro atoms. The van der Waals surface area contributed by atoms with Gasteiger partial charge in [-0.25, -0.2) is 0 Å². The predicted molar refractivity (Wildman–Crippen MR) is 345 cm³/mol. The number of nitrogens with one attached hydrogen (secondary N) is 1. The van der Waals surface area contributed by atoms with Gasteiger partial charge in [-0.2, -0.15) is 0 Å². The summed E-state index contributed by atoms with van der Waals surface area (Å²) in [4.78, 5) is 3.83. The Bertz CT molecular complexity index is 5100. The Morgan fingerprint density at radius 3 is 0.843 bits per heavy atom. The van der Waals surface area contributed by atoms with Crippen molar-refractivity contribution in [2.75, 3.05) is 0 Å². The fourth-order valence-corrected chi connectivity index (χ4v) is 16.9. The first-order valence-corrected chi connectivity index (χ1v) is 29.5. The van der Waals surface area contributed by atoms with E-state index in [0.717, 1.165) is 11.0 Å². The van der Waals surface area contributed by atoms with Crippen LogP contribution < -0.4 is 0 Å². The van der Waals surface area contributed by atoms with E-state index in [4.69, 9.17) is 0 Å². The Labute approximate surface area is 484 Å². The molecule has 0 aliphatic heterocycles. The largest absolute Gasteiger partial charge is 0.355 e. The number of aromatic nitrogens is 2. The molecule has 0 bridgehead atoms. The van der Waals surface area contributed by atoms with Gasteiger partial charge < -0.3 is 9.55 Å². The van der Waals surface area contributed by atoms with Crippen molar-refractivity contribution in [1.29, 1.82) is 0 Å². The van der Waals surface area contributed by atoms with Gasteiger partial charge in [0.05, 0.1) is 0 Å². The number of hydrogen-bond acceptors (Lipinski definition) is 0. The minimum Gasteiger partial charge on any atom is -0.355 e. The molecule has 0 radical (unpaired) electrons. The lowest BCUT2D eigenvalue weighted by Gasteiger charge is -2.30. The van der Waals surface area contributed by atoms with Crippen molar-refractivity contribution >= 4 is 43.6 Å². The molecule has 18 rings (SSSR count). The van der Waals surface area contributed by atoms with E-state index < -0.39 is 10.8 Å². The van der Waals surface area contributed by atoms with Crippen molar-refractivity contribution in [3.8, 4) is 55.6 Å². The van der Waals surface area contributed by atoms with Crippen molar-refractivity contribution in [3.63, 3.8) is 0 Å². The van der Waals surface area contributed by atoms with Gasteiger partial charge in [0, 0.05) is 72.3 Å². The van der Waals surface area contributed by atoms with Crippen LogP contribution in [0.2, 0.25) is 0 Å². The van der Waals surface area contributed by atoms with Crippen molar-refractivity contribution in [2.24, 2.45) is 7.05 Å². The van der Waals surface area contributed by atoms with E-state index in [-0.39, 0.29) is 10.8 Å². The highest BCUT2D eigenvalue weighted by Crippen LogP contribution is 2.58. The van der Waals surface area contributed by atoms with Crippen LogP contribution in [0.15, 0.2) is 255 Å². The van der Waals surface area contributed by atoms with Gasteiger partial charge in [-0.15, -0.1) is 0 Å². The summed E-state index contributed by atoms with van der Waals surface area (Å²) < 4.78 is 2.39. The van der Waals surface area contributed by atoms with Gasteiger partial charge in [0.15, 0.2) is 0 Å². The maximum absolute atomic E-state index is 3.83. The third-order valence-corrected chi connectivity index (χ3v) is 21.3. The van der Waals surface area contributed by atoms with E-state index in [1.807, 2.05) is 0 Å². The topological polar surface area (TPSA) is 20.7 Å². The number of aromatic amines is 1. The molecule has 0 saturated carbocycles. The molecule has 0 fully saturated rings. The quantitative estimate of drug-likeness (QED) is 0.177. The summed E-state index contributed by atoms with van der Waals surface area (Å²) in [6.45, 7) is 9.78. The number of rotatable bonds is 5. The first kappa shape index (κ1) is 46.9. The molecule has 2 heterocycles. The first-order chi connectivity index (χ1) is 40.6. The van der Waals surface area contributed by atoms with Crippen LogP contribution in [0.1, 0.15) is 94.5 Å². The lowest BCUT2D eigenvalue weighted by Crippen LogP contribution is -2.23. The van der Waals surface area contributed by atoms with Crippen LogP contribution in [0.5, 0.6) is 0 Å². The van der Waals surface area contributed by atoms with Crippen LogP contribution in [0, 0.1) is 0 Å². The highest BCUT2D eigenvalue weighted by atomic mass is 14.9. The van der Waals surface area contributed by atoms with Gasteiger partial charge >= 0.3 is 0 Å². The third-order valence-electron chi connectivity index (χ3n) is 21.3. The fraction of sp³-hybridized carbons (Fsp3) is 0.111. The number of nitrogens with zero attached hydrogens (tertiary/aromatic N) is 1. The fourth-order valence-electron chi connectivity index (χ4n) is 16.9. The van der Waals surface area contributed by atoms with Crippen molar-refractivity contribution in [3.05, 3.63) is 322 Å². The van der Waals surface area contributed by atoms with Crippen molar-refractivity contribution in [2.45, 2.75) is 49.4 Å². The molecule has 2 unspecified atom stereocenters. The van der Waals surface area contributed by atoms with E-state index in [1.165, 1.54) is 155 Å². The van der Waals surface area contributed by atoms with Gasteiger partial charge in [0.2, 0.25) is 0 Å². The Balaban J connectivity index is 0.764. The monoisotopic (exact) mass is 1060 g/mol. The summed E-state index contributed by atoms with van der Waals surface area (Å²) >= 11 is 0. The third kappa shape index (κ3) is 5.88. The lowest BCUT2D eigenvalue weighted by molar-refractivity contribution is 0.714. The summed E-state index contributed by atoms with van der Waals surface area (Å²) in [7, 11) is 2.23. The predicted octanol–water partition coefficient (Wildman–Crippen LogP) is 20.0. The molecule has 83 heavy (non-hydrogen) atoms. The summed E-state index contributed by atoms with van der Waals surface area (Å²) in [6.07, 6.45) is 0. The zero-order chi connectivity index (χ0) is 55.3. The van der Waals surface area contributed by atoms with Crippen LogP contribution in [0.3, 0.4) is 0 Å². The number of hydrogen-bond donors (Lipinski definition) is 1. The van der Waals surface area contributed by atoms with Crippen LogP contribution in [-0.4, -0.2) is 9.55 Å². The van der Waals surface area contributed by atoms with E-state index in [0.29, 0.717) is 0 Å². The smallest absolute Gasteiger partial charge is 0.0488 e. The highest BCUT2D eigenvalue weighted by Gasteiger charge is 2.45. The SMILES string of the molecule is Cn1c2ccc(C3(C)c4ccccc4-c4ccccc43)cc2c2cc(C3(C)c4ccccc4-c4ccc(-c5ccc6c(c5)C(C)(c5ccc7[nH]c8ccc(C9(C)c%10ccccc%10-c%10ccccc%109)cc8c7c5)c5ccccc5-6)cc43)ccc21. The van der Waals surface area contributed by atoms with Crippen molar-refractivity contribution < 1.29 is 0 Å². The normalized spacial score (nSPS) is 18.0. The van der Waals surface area contributed by atoms with Crippen LogP contribution >= 0.6 is 0 Å². The second-order valence-electron chi connectivity index (χ2n) is 25.0. The van der Waals surface area contributed by atoms with Crippen LogP contribution in [0.4, 0.5) is 0 Å². The number of benzene rings is 12. The molecule has 2 atom stereocenters. The van der Waals surface area contributed by atoms with E-state index >= 15 is 0 Å². The molecule has 0 saturated heterocycles. The van der Waals surface area contributed by atoms with E-state index in [2.05, 4.69) is 299 Å². The van der Waals surface area contributed by atoms with Gasteiger partial charge in [0.25, 0.3) is 0 Å². The standard InChI is InChI=1S/C81H58N2/c1-78(66-24-12-6-18-54(66)55-19-7-13-25-67(55)78)50-32-38-74-62(44-50)63-45-51(33-39-75(63)82-74)80(3)70-28-16-10-22-58(70)60-36-30-48(42-72(60)80)49-31-37-61-59-23-11-17-29-71(59)81(4,73(61)43-49)53-35-41-77-65(47-53)64-46-52(34-40-76(64)83(77)5)79(2)68-26-14-8-20-56(68)57-21-9-15-27-69(57)79/h6-47,82H,1-5H3. The minimum absolute atomic E-state index is 0.281. The molecule has 0 amide bonds. The summed E-state index contributed by atoms with van der Waals surface area (Å²) in [5, 5.41) is 5.09. The summed E-state index contributed by atoms with van der Waals surface area (Å²) in [5.41, 5.74) is 32.5. The number of aryl methyl sites for hydroxylation is 1. The maximum atomic E-state index is 3.83. The average Bonchev–Trinajstić information content (AvgIpc) is 2.30. The Kier molecular flexibility index (Phi) is 9.19. The first-order valence-electron chi connectivity index (χ1n) is 29.5. The Morgan fingerprint density at radius 2 is 0.518 bits per heavy atom. The number of fused-ring (bicyclic) bond motifs is 18. The molecule has 1 N–H and O–H groups in total. The Morgan fingerprint density at radius 1 is 0.253 bits per heavy atom. The average molecular weight is 1060 g/mol. The summed E-state index contributed by atoms with van der Waals surface area (Å²) in [5.74, 6) is 0. The van der Waals surface area contributed by atoms with Gasteiger partial charge in [-0.3, -0.25) is 0 Å². The molecule has 2 aromatic heterocycles. The molecule has 12 aromatic carbocycles. The highest BCUT2D eigenvalue weighted by molar-refractivity contribution is 6.10. The Hall–Kier alpha value is -9.76. The van der Waals surface area contributed by atoms with E-state index in [9.17, 15) is 0 Å². The number of H-pyrrole nitrogens is 1. The molecular weight excluding hydrogens is 1000 g/mol. The molecule has 4 aliphatic carbocycles. The second-order valence-corrected chi connectivity index (χ2v) is 25.0. The second kappa shape index (κ2) is 16.2. The zero-order valence-electron chi connectivity index (χ0n) is 47.2. The molecule has 392 valence electrons. The van der Waals surface area contributed by atoms with Gasteiger partial charge in [0.1, 0.15) is 0 Å². The molecule has 2 nitrogen and oxygen atoms in total. The molecular formula is C81H58N2. The lowest BCUT2D eigenvalue weighted by atomic mass is 9.72. The van der Waals surface area contributed by atoms with E-state index in [1.54, 1.807) is 0 Å². The summed E-state index contributed by atoms with van der Waals surface area (Å²) in [6, 6.07) is 97.7. The van der Waals surface area contributed by atoms with Gasteiger partial charge in [-0.1, -0.05) is 194 Å². The van der Waals surface area contributed by atoms with Crippen molar-refractivity contribution in [1.82, 2.24) is 9.55 Å². The molecule has 14 aromatic rings. The maximum Gasteiger partial charge on any atom is 0.0488 e. The zero-order valence-corrected chi connectivity index (χ0v) is 47.2. The molecule has 4 aliphatic rings. The van der Waals surface area contributed by atoms with Gasteiger partial charge in [-0.05, 0) is 211 Å². The molecule has 2 heteroatoms. The minimum atomic E-state index is -0.413. The van der Waals surface area contributed by atoms with Crippen LogP contribution in [-0.2, 0) is 28.7 Å².